The van der Waals surface area contributed by atoms with Gasteiger partial charge in [0.1, 0.15) is 0 Å². The van der Waals surface area contributed by atoms with Gasteiger partial charge in [-0.25, -0.2) is 8.78 Å². The lowest BCUT2D eigenvalue weighted by Gasteiger charge is -2.30. The number of pyridine rings is 1. The van der Waals surface area contributed by atoms with Crippen LogP contribution < -0.4 is 10.9 Å². The van der Waals surface area contributed by atoms with Crippen molar-refractivity contribution < 1.29 is 13.6 Å². The van der Waals surface area contributed by atoms with Crippen LogP contribution in [0.1, 0.15) is 36.2 Å². The van der Waals surface area contributed by atoms with Crippen molar-refractivity contribution >= 4 is 5.91 Å². The second-order valence-corrected chi connectivity index (χ2v) is 8.87. The topological polar surface area (TPSA) is 65.2 Å². The number of likely N-dealkylation sites (N-methyl/N-ethyl adjacent to an activating group) is 1. The zero-order valence-corrected chi connectivity index (χ0v) is 20.2. The van der Waals surface area contributed by atoms with Gasteiger partial charge in [0.05, 0.1) is 5.57 Å². The number of aryl methyl sites for hydroxylation is 2. The van der Waals surface area contributed by atoms with Gasteiger partial charge in [-0.1, -0.05) is 49.4 Å². The minimum absolute atomic E-state index is 0.00592. The smallest absolute Gasteiger partial charge is 0.272 e. The number of benzene rings is 1. The van der Waals surface area contributed by atoms with Crippen molar-refractivity contribution in [3.05, 3.63) is 104 Å². The third kappa shape index (κ3) is 5.71. The van der Waals surface area contributed by atoms with Gasteiger partial charge >= 0.3 is 0 Å². The van der Waals surface area contributed by atoms with Crippen molar-refractivity contribution in [2.45, 2.75) is 46.7 Å². The monoisotopic (exact) mass is 467 g/mol. The molecule has 0 saturated heterocycles. The molecule has 7 heteroatoms. The van der Waals surface area contributed by atoms with Crippen LogP contribution in [-0.2, 0) is 17.9 Å². The zero-order valence-electron chi connectivity index (χ0n) is 20.2. The Kier molecular flexibility index (Phi) is 7.54. The van der Waals surface area contributed by atoms with Crippen LogP contribution in [0.15, 0.2) is 76.3 Å². The quantitative estimate of drug-likeness (QED) is 0.616. The number of H-pyrrole nitrogens is 1. The molecule has 0 radical (unpaired) electrons. The fourth-order valence-electron chi connectivity index (χ4n) is 4.27. The van der Waals surface area contributed by atoms with E-state index in [0.29, 0.717) is 17.8 Å². The molecule has 1 aliphatic rings. The summed E-state index contributed by atoms with van der Waals surface area (Å²) in [5.41, 5.74) is 2.48. The maximum absolute atomic E-state index is 15.1. The average molecular weight is 468 g/mol. The van der Waals surface area contributed by atoms with E-state index in [1.165, 1.54) is 0 Å². The van der Waals surface area contributed by atoms with Gasteiger partial charge in [-0.15, -0.1) is 0 Å². The molecule has 1 heterocycles. The number of aromatic amines is 1. The average Bonchev–Trinajstić information content (AvgIpc) is 2.92. The predicted octanol–water partition coefficient (Wildman–Crippen LogP) is 4.78. The van der Waals surface area contributed by atoms with E-state index in [4.69, 9.17) is 0 Å². The first kappa shape index (κ1) is 25.1. The van der Waals surface area contributed by atoms with E-state index < -0.39 is 17.7 Å². The molecule has 180 valence electrons. The van der Waals surface area contributed by atoms with Gasteiger partial charge in [-0.2, -0.15) is 0 Å². The molecule has 1 aromatic carbocycles. The summed E-state index contributed by atoms with van der Waals surface area (Å²) in [7, 11) is 1.74. The van der Waals surface area contributed by atoms with Gasteiger partial charge in [-0.05, 0) is 37.1 Å². The molecule has 2 N–H and O–H groups in total. The van der Waals surface area contributed by atoms with Crippen LogP contribution in [-0.4, -0.2) is 28.8 Å². The molecule has 0 bridgehead atoms. The maximum Gasteiger partial charge on any atom is 0.272 e. The Morgan fingerprint density at radius 2 is 1.88 bits per heavy atom. The van der Waals surface area contributed by atoms with Gasteiger partial charge in [-0.3, -0.25) is 9.59 Å². The number of hydrogen-bond acceptors (Lipinski definition) is 3. The molecule has 1 amide bonds. The van der Waals surface area contributed by atoms with E-state index in [0.717, 1.165) is 18.1 Å². The number of hydrogen-bond donors (Lipinski definition) is 2. The molecule has 3 rings (SSSR count). The van der Waals surface area contributed by atoms with Gasteiger partial charge in [0.15, 0.2) is 0 Å². The molecule has 0 saturated carbocycles. The number of halogens is 2. The van der Waals surface area contributed by atoms with Gasteiger partial charge in [0, 0.05) is 55.5 Å². The van der Waals surface area contributed by atoms with Crippen molar-refractivity contribution in [2.24, 2.45) is 5.92 Å². The highest BCUT2D eigenvalue weighted by atomic mass is 19.3. The molecule has 5 nitrogen and oxygen atoms in total. The number of aromatic nitrogens is 1. The largest absolute Gasteiger partial charge is 0.370 e. The molecule has 1 aliphatic carbocycles. The maximum atomic E-state index is 15.1. The van der Waals surface area contributed by atoms with Crippen molar-refractivity contribution in [3.63, 3.8) is 0 Å². The number of carbonyl (C=O) groups is 1. The Morgan fingerprint density at radius 1 is 1.21 bits per heavy atom. The fraction of sp³-hybridized carbons (Fsp3) is 0.333. The van der Waals surface area contributed by atoms with Crippen molar-refractivity contribution in [3.8, 4) is 0 Å². The summed E-state index contributed by atoms with van der Waals surface area (Å²) < 4.78 is 30.1. The molecular weight excluding hydrogens is 436 g/mol. The van der Waals surface area contributed by atoms with E-state index in [1.54, 1.807) is 50.9 Å². The Morgan fingerprint density at radius 3 is 2.50 bits per heavy atom. The molecule has 1 unspecified atom stereocenters. The standard InChI is InChI=1S/C27H31F2N3O2/c1-17-10-9-13-22(32(5)16-20-11-7-6-8-12-20)24(27(4,28)29)23(17)26(34)30-15-21-18(2)14-19(3)31-25(21)33/h6-14,17H,15-16H2,1-5H3,(H,30,34)(H,31,33). The third-order valence-electron chi connectivity index (χ3n) is 5.91. The van der Waals surface area contributed by atoms with Crippen LogP contribution in [0.4, 0.5) is 8.78 Å². The molecular formula is C27H31F2N3O2. The van der Waals surface area contributed by atoms with E-state index in [-0.39, 0.29) is 28.9 Å². The normalized spacial score (nSPS) is 16.2. The Labute approximate surface area is 198 Å². The molecule has 34 heavy (non-hydrogen) atoms. The molecule has 2 aromatic rings. The highest BCUT2D eigenvalue weighted by molar-refractivity contribution is 5.96. The molecule has 0 aliphatic heterocycles. The summed E-state index contributed by atoms with van der Waals surface area (Å²) >= 11 is 0. The van der Waals surface area contributed by atoms with E-state index >= 15 is 8.78 Å². The Bertz CT molecular complexity index is 1200. The number of allylic oxidation sites excluding steroid dienone is 4. The first-order valence-electron chi connectivity index (χ1n) is 11.2. The van der Waals surface area contributed by atoms with Crippen molar-refractivity contribution in [2.75, 3.05) is 7.05 Å². The number of rotatable bonds is 7. The second-order valence-electron chi connectivity index (χ2n) is 8.87. The molecule has 0 fully saturated rings. The van der Waals surface area contributed by atoms with Crippen LogP contribution in [0.5, 0.6) is 0 Å². The number of alkyl halides is 2. The predicted molar refractivity (Wildman–Crippen MR) is 130 cm³/mol. The van der Waals surface area contributed by atoms with Crippen LogP contribution in [0, 0.1) is 19.8 Å². The van der Waals surface area contributed by atoms with Gasteiger partial charge in [0.25, 0.3) is 11.5 Å². The summed E-state index contributed by atoms with van der Waals surface area (Å²) in [6.07, 6.45) is 5.07. The minimum atomic E-state index is -3.26. The summed E-state index contributed by atoms with van der Waals surface area (Å²) in [5.74, 6) is -4.42. The number of carbonyl (C=O) groups excluding carboxylic acids is 1. The molecule has 0 spiro atoms. The number of nitrogens with zero attached hydrogens (tertiary/aromatic N) is 1. The second kappa shape index (κ2) is 10.2. The number of nitrogens with one attached hydrogen (secondary N) is 2. The third-order valence-corrected chi connectivity index (χ3v) is 5.91. The zero-order chi connectivity index (χ0) is 25.0. The first-order valence-corrected chi connectivity index (χ1v) is 11.2. The lowest BCUT2D eigenvalue weighted by Crippen LogP contribution is -2.35. The Balaban J connectivity index is 1.98. The van der Waals surface area contributed by atoms with Crippen LogP contribution in [0.2, 0.25) is 0 Å². The van der Waals surface area contributed by atoms with Crippen LogP contribution in [0.25, 0.3) is 0 Å². The lowest BCUT2D eigenvalue weighted by atomic mass is 9.90. The highest BCUT2D eigenvalue weighted by Crippen LogP contribution is 2.38. The SMILES string of the molecule is Cc1cc(C)c(CNC(=O)C2=C(C(C)(F)F)C(N(C)Cc3ccccc3)=CC=CC2C)c(=O)[nH]1. The first-order chi connectivity index (χ1) is 16.0. The van der Waals surface area contributed by atoms with Crippen molar-refractivity contribution in [1.82, 2.24) is 15.2 Å². The Hall–Kier alpha value is -3.48. The molecule has 1 aromatic heterocycles. The van der Waals surface area contributed by atoms with Crippen LogP contribution >= 0.6 is 0 Å². The molecule has 1 atom stereocenters. The van der Waals surface area contributed by atoms with E-state index in [9.17, 15) is 9.59 Å². The summed E-state index contributed by atoms with van der Waals surface area (Å²) in [6.45, 7) is 6.44. The minimum Gasteiger partial charge on any atom is -0.370 e. The summed E-state index contributed by atoms with van der Waals surface area (Å²) in [5, 5.41) is 2.71. The van der Waals surface area contributed by atoms with Crippen LogP contribution in [0.3, 0.4) is 0 Å². The highest BCUT2D eigenvalue weighted by Gasteiger charge is 2.38. The lowest BCUT2D eigenvalue weighted by molar-refractivity contribution is -0.118. The summed E-state index contributed by atoms with van der Waals surface area (Å²) in [6, 6.07) is 11.3. The summed E-state index contributed by atoms with van der Waals surface area (Å²) in [4.78, 5) is 30.1. The van der Waals surface area contributed by atoms with Gasteiger partial charge < -0.3 is 15.2 Å². The van der Waals surface area contributed by atoms with Crippen molar-refractivity contribution in [1.29, 1.82) is 0 Å². The van der Waals surface area contributed by atoms with E-state index in [1.807, 2.05) is 36.4 Å². The number of amides is 1. The fourth-order valence-corrected chi connectivity index (χ4v) is 4.27. The van der Waals surface area contributed by atoms with Gasteiger partial charge in [0.2, 0.25) is 5.91 Å². The van der Waals surface area contributed by atoms with E-state index in [2.05, 4.69) is 10.3 Å².